The van der Waals surface area contributed by atoms with Crippen LogP contribution in [0.5, 0.6) is 0 Å². The van der Waals surface area contributed by atoms with Gasteiger partial charge in [0.25, 0.3) is 0 Å². The van der Waals surface area contributed by atoms with E-state index in [0.717, 1.165) is 17.5 Å². The van der Waals surface area contributed by atoms with Crippen molar-refractivity contribution in [3.8, 4) is 11.1 Å². The van der Waals surface area contributed by atoms with Crippen molar-refractivity contribution >= 4 is 11.8 Å². The van der Waals surface area contributed by atoms with Crippen LogP contribution in [0.15, 0.2) is 55.1 Å². The molecule has 0 aliphatic carbocycles. The standard InChI is InChI=1S/C25H29FN6O2.C2H6/c1-16(2)23(32-14-12-28-30-32)25(34)31-13-4-5-22(31)24(33)29-17(3)18-6-8-19(9-7-18)20-10-11-27-15-21(20)26;1-2/h6-12,14-17,22-23H,4-5,13H2,1-3H3,(H,29,33);1-2H3. The Hall–Kier alpha value is -3.62. The second-order valence-corrected chi connectivity index (χ2v) is 8.97. The van der Waals surface area contributed by atoms with Crippen LogP contribution in [0.2, 0.25) is 0 Å². The number of benzene rings is 1. The Balaban J connectivity index is 0.00000176. The molecule has 3 atom stereocenters. The fourth-order valence-electron chi connectivity index (χ4n) is 4.50. The molecule has 1 fully saturated rings. The SMILES string of the molecule is CC.CC(NC(=O)C1CCCN1C(=O)C(C(C)C)n1ccnn1)c1ccc(-c2ccncc2F)cc1. The molecule has 1 saturated heterocycles. The molecule has 1 aromatic carbocycles. The van der Waals surface area contributed by atoms with Gasteiger partial charge in [-0.1, -0.05) is 57.2 Å². The lowest BCUT2D eigenvalue weighted by Crippen LogP contribution is -2.49. The van der Waals surface area contributed by atoms with Gasteiger partial charge in [0.15, 0.2) is 0 Å². The lowest BCUT2D eigenvalue weighted by Gasteiger charge is -2.30. The van der Waals surface area contributed by atoms with Gasteiger partial charge in [0.05, 0.1) is 18.4 Å². The average molecular weight is 495 g/mol. The Morgan fingerprint density at radius 3 is 2.42 bits per heavy atom. The minimum absolute atomic E-state index is 0.00109. The third-order valence-electron chi connectivity index (χ3n) is 6.30. The zero-order valence-corrected chi connectivity index (χ0v) is 21.6. The van der Waals surface area contributed by atoms with Gasteiger partial charge >= 0.3 is 0 Å². The summed E-state index contributed by atoms with van der Waals surface area (Å²) in [6.45, 7) is 10.3. The van der Waals surface area contributed by atoms with Crippen LogP contribution in [0.4, 0.5) is 4.39 Å². The first-order valence-corrected chi connectivity index (χ1v) is 12.5. The zero-order valence-electron chi connectivity index (χ0n) is 21.6. The molecule has 4 rings (SSSR count). The van der Waals surface area contributed by atoms with E-state index in [4.69, 9.17) is 0 Å². The quantitative estimate of drug-likeness (QED) is 0.519. The van der Waals surface area contributed by atoms with Crippen molar-refractivity contribution in [3.05, 3.63) is 66.5 Å². The van der Waals surface area contributed by atoms with E-state index in [0.29, 0.717) is 18.5 Å². The molecule has 8 nitrogen and oxygen atoms in total. The highest BCUT2D eigenvalue weighted by Crippen LogP contribution is 2.27. The summed E-state index contributed by atoms with van der Waals surface area (Å²) in [5.41, 5.74) is 2.11. The molecular weight excluding hydrogens is 459 g/mol. The maximum Gasteiger partial charge on any atom is 0.248 e. The van der Waals surface area contributed by atoms with Gasteiger partial charge in [0.2, 0.25) is 11.8 Å². The van der Waals surface area contributed by atoms with E-state index in [1.165, 1.54) is 6.20 Å². The predicted molar refractivity (Wildman–Crippen MR) is 136 cm³/mol. The number of likely N-dealkylation sites (tertiary alicyclic amines) is 1. The molecule has 0 bridgehead atoms. The Bertz CT molecular complexity index is 1130. The number of nitrogens with one attached hydrogen (secondary N) is 1. The van der Waals surface area contributed by atoms with Crippen molar-refractivity contribution in [2.24, 2.45) is 5.92 Å². The number of carbonyl (C=O) groups excluding carboxylic acids is 2. The molecule has 2 amide bonds. The van der Waals surface area contributed by atoms with E-state index >= 15 is 0 Å². The molecule has 1 aliphatic heterocycles. The molecule has 192 valence electrons. The summed E-state index contributed by atoms with van der Waals surface area (Å²) < 4.78 is 15.6. The second kappa shape index (κ2) is 12.4. The molecule has 3 heterocycles. The van der Waals surface area contributed by atoms with E-state index < -0.39 is 12.1 Å². The molecule has 1 N–H and O–H groups in total. The van der Waals surface area contributed by atoms with Gasteiger partial charge in [-0.15, -0.1) is 5.10 Å². The molecule has 2 aromatic heterocycles. The summed E-state index contributed by atoms with van der Waals surface area (Å²) >= 11 is 0. The van der Waals surface area contributed by atoms with Crippen molar-refractivity contribution in [1.82, 2.24) is 30.2 Å². The van der Waals surface area contributed by atoms with Gasteiger partial charge in [0.1, 0.15) is 17.9 Å². The smallest absolute Gasteiger partial charge is 0.248 e. The number of hydrogen-bond acceptors (Lipinski definition) is 5. The van der Waals surface area contributed by atoms with Crippen LogP contribution in [0.1, 0.15) is 65.1 Å². The number of pyridine rings is 1. The molecule has 36 heavy (non-hydrogen) atoms. The summed E-state index contributed by atoms with van der Waals surface area (Å²) in [6.07, 6.45) is 7.35. The van der Waals surface area contributed by atoms with Crippen molar-refractivity contribution in [1.29, 1.82) is 0 Å². The summed E-state index contributed by atoms with van der Waals surface area (Å²) in [4.78, 5) is 32.0. The van der Waals surface area contributed by atoms with Gasteiger partial charge < -0.3 is 10.2 Å². The Morgan fingerprint density at radius 1 is 1.08 bits per heavy atom. The lowest BCUT2D eigenvalue weighted by atomic mass is 10.0. The van der Waals surface area contributed by atoms with Crippen LogP contribution in [0, 0.1) is 11.7 Å². The Morgan fingerprint density at radius 2 is 1.81 bits per heavy atom. The topological polar surface area (TPSA) is 93.0 Å². The third-order valence-corrected chi connectivity index (χ3v) is 6.30. The first-order chi connectivity index (χ1) is 17.4. The van der Waals surface area contributed by atoms with E-state index in [2.05, 4.69) is 20.6 Å². The Labute approximate surface area is 211 Å². The summed E-state index contributed by atoms with van der Waals surface area (Å²) in [5, 5.41) is 10.9. The van der Waals surface area contributed by atoms with Crippen LogP contribution in [0.3, 0.4) is 0 Å². The number of aromatic nitrogens is 4. The van der Waals surface area contributed by atoms with Gasteiger partial charge in [-0.25, -0.2) is 9.07 Å². The molecule has 0 radical (unpaired) electrons. The minimum Gasteiger partial charge on any atom is -0.348 e. The largest absolute Gasteiger partial charge is 0.348 e. The van der Waals surface area contributed by atoms with Gasteiger partial charge in [-0.05, 0) is 42.9 Å². The maximum atomic E-state index is 14.0. The summed E-state index contributed by atoms with van der Waals surface area (Å²) in [5.74, 6) is -0.674. The lowest BCUT2D eigenvalue weighted by molar-refractivity contribution is -0.142. The fourth-order valence-corrected chi connectivity index (χ4v) is 4.50. The van der Waals surface area contributed by atoms with E-state index in [9.17, 15) is 14.0 Å². The van der Waals surface area contributed by atoms with Gasteiger partial charge in [-0.2, -0.15) is 0 Å². The van der Waals surface area contributed by atoms with Gasteiger partial charge in [-0.3, -0.25) is 14.6 Å². The first kappa shape index (κ1) is 27.0. The number of hydrogen-bond donors (Lipinski definition) is 1. The first-order valence-electron chi connectivity index (χ1n) is 12.5. The summed E-state index contributed by atoms with van der Waals surface area (Å²) in [7, 11) is 0. The number of rotatable bonds is 7. The highest BCUT2D eigenvalue weighted by Gasteiger charge is 2.39. The van der Waals surface area contributed by atoms with Crippen LogP contribution in [-0.2, 0) is 9.59 Å². The molecule has 0 saturated carbocycles. The van der Waals surface area contributed by atoms with E-state index in [1.54, 1.807) is 34.2 Å². The molecule has 3 unspecified atom stereocenters. The van der Waals surface area contributed by atoms with Crippen molar-refractivity contribution in [2.45, 2.75) is 65.6 Å². The van der Waals surface area contributed by atoms with Crippen molar-refractivity contribution in [2.75, 3.05) is 6.54 Å². The van der Waals surface area contributed by atoms with Crippen LogP contribution in [0.25, 0.3) is 11.1 Å². The van der Waals surface area contributed by atoms with E-state index in [1.807, 2.05) is 58.9 Å². The highest BCUT2D eigenvalue weighted by molar-refractivity contribution is 5.90. The molecular formula is C27H35FN6O2. The van der Waals surface area contributed by atoms with Crippen LogP contribution < -0.4 is 5.32 Å². The average Bonchev–Trinajstić information content (AvgIpc) is 3.58. The monoisotopic (exact) mass is 494 g/mol. The van der Waals surface area contributed by atoms with Crippen LogP contribution >= 0.6 is 0 Å². The minimum atomic E-state index is -0.523. The number of amides is 2. The number of nitrogens with zero attached hydrogens (tertiary/aromatic N) is 5. The second-order valence-electron chi connectivity index (χ2n) is 8.97. The highest BCUT2D eigenvalue weighted by atomic mass is 19.1. The Kier molecular flexibility index (Phi) is 9.27. The fraction of sp³-hybridized carbons (Fsp3) is 0.444. The van der Waals surface area contributed by atoms with E-state index in [-0.39, 0.29) is 29.6 Å². The normalized spacial score (nSPS) is 16.8. The van der Waals surface area contributed by atoms with Gasteiger partial charge in [0, 0.05) is 24.5 Å². The molecule has 9 heteroatoms. The third kappa shape index (κ3) is 5.95. The number of carbonyl (C=O) groups is 2. The molecule has 3 aromatic rings. The maximum absolute atomic E-state index is 14.0. The number of halogens is 1. The molecule has 0 spiro atoms. The summed E-state index contributed by atoms with van der Waals surface area (Å²) in [6, 6.07) is 7.73. The molecule has 1 aliphatic rings. The predicted octanol–water partition coefficient (Wildman–Crippen LogP) is 4.57. The van der Waals surface area contributed by atoms with Crippen molar-refractivity contribution in [3.63, 3.8) is 0 Å². The zero-order chi connectivity index (χ0) is 26.2. The van der Waals surface area contributed by atoms with Crippen molar-refractivity contribution < 1.29 is 14.0 Å². The van der Waals surface area contributed by atoms with Crippen LogP contribution in [-0.4, -0.2) is 49.3 Å².